The predicted molar refractivity (Wildman–Crippen MR) is 175 cm³/mol. The standard InChI is InChI=1S/C31H32N2O12S4/c1-30(2)24-17-21(46-45-44-34)11-15-25(24)32(18-47(35,36)37)27(30)8-6-5-7-9-28-31(3,4)29-23-13-12-22(49(41,42)43)16-20(23)10-14-26(29)33(28)19-48(38,39)40/h5-17H,18-19H2,1-4H3,(H3-,34,35,36,37,38,39,40,41,42,43)/p-3. The first-order valence-electron chi connectivity index (χ1n) is 14.3. The quantitative estimate of drug-likeness (QED) is 0.0687. The van der Waals surface area contributed by atoms with Crippen LogP contribution in [0.15, 0.2) is 94.4 Å². The molecule has 0 N–H and O–H groups in total. The lowest BCUT2D eigenvalue weighted by atomic mass is 9.79. The molecule has 49 heavy (non-hydrogen) atoms. The Labute approximate surface area is 288 Å². The van der Waals surface area contributed by atoms with Gasteiger partial charge in [-0.2, -0.15) is 8.91 Å². The molecule has 0 spiro atoms. The number of fused-ring (bicyclic) bond motifs is 4. The van der Waals surface area contributed by atoms with Gasteiger partial charge < -0.3 is 23.8 Å². The van der Waals surface area contributed by atoms with E-state index in [9.17, 15) is 44.2 Å². The van der Waals surface area contributed by atoms with Crippen LogP contribution >= 0.6 is 12.0 Å². The van der Waals surface area contributed by atoms with Crippen molar-refractivity contribution in [2.24, 2.45) is 0 Å². The van der Waals surface area contributed by atoms with Gasteiger partial charge in [0.05, 0.1) is 22.4 Å². The van der Waals surface area contributed by atoms with E-state index < -0.39 is 57.8 Å². The van der Waals surface area contributed by atoms with E-state index in [0.29, 0.717) is 61.6 Å². The highest BCUT2D eigenvalue weighted by molar-refractivity contribution is 7.94. The minimum absolute atomic E-state index is 0.416. The van der Waals surface area contributed by atoms with Crippen LogP contribution in [0.5, 0.6) is 0 Å². The van der Waals surface area contributed by atoms with Gasteiger partial charge in [-0.1, -0.05) is 38.1 Å². The first-order chi connectivity index (χ1) is 22.6. The number of nitrogens with zero attached hydrogens (tertiary/aromatic N) is 2. The molecule has 2 aliphatic heterocycles. The second-order valence-corrected chi connectivity index (χ2v) is 17.3. The van der Waals surface area contributed by atoms with Crippen molar-refractivity contribution in [2.45, 2.75) is 48.3 Å². The summed E-state index contributed by atoms with van der Waals surface area (Å²) in [4.78, 5) is 1.46. The molecule has 2 aliphatic rings. The molecule has 18 heteroatoms. The number of hydrogen-bond acceptors (Lipinski definition) is 14. The third-order valence-electron chi connectivity index (χ3n) is 8.43. The lowest BCUT2D eigenvalue weighted by Gasteiger charge is -2.27. The Bertz CT molecular complexity index is 2310. The molecule has 3 aromatic carbocycles. The Hall–Kier alpha value is -3.43. The van der Waals surface area contributed by atoms with Crippen LogP contribution in [-0.4, -0.2) is 61.0 Å². The Morgan fingerprint density at radius 1 is 0.857 bits per heavy atom. The summed E-state index contributed by atoms with van der Waals surface area (Å²) < 4.78 is 112. The largest absolute Gasteiger partial charge is 0.747 e. The van der Waals surface area contributed by atoms with E-state index in [-0.39, 0.29) is 0 Å². The van der Waals surface area contributed by atoms with Crippen molar-refractivity contribution < 1.29 is 58.1 Å². The second kappa shape index (κ2) is 13.0. The molecule has 14 nitrogen and oxygen atoms in total. The molecule has 0 aliphatic carbocycles. The van der Waals surface area contributed by atoms with Crippen molar-refractivity contribution in [2.75, 3.05) is 16.7 Å². The number of hydrogen-bond donors (Lipinski definition) is 0. The molecular weight excluding hydrogens is 721 g/mol. The highest BCUT2D eigenvalue weighted by Crippen LogP contribution is 2.49. The van der Waals surface area contributed by atoms with Gasteiger partial charge in [-0.05, 0) is 72.7 Å². The maximum atomic E-state index is 12.0. The summed E-state index contributed by atoms with van der Waals surface area (Å²) in [6, 6.07) is 11.9. The first-order valence-corrected chi connectivity index (χ1v) is 19.6. The molecule has 5 rings (SSSR count). The van der Waals surface area contributed by atoms with Crippen LogP contribution in [0.1, 0.15) is 38.8 Å². The Morgan fingerprint density at radius 3 is 2.20 bits per heavy atom. The minimum Gasteiger partial charge on any atom is -0.747 e. The minimum atomic E-state index is -4.77. The van der Waals surface area contributed by atoms with Gasteiger partial charge in [0, 0.05) is 39.4 Å². The molecule has 3 aromatic rings. The summed E-state index contributed by atoms with van der Waals surface area (Å²) in [5.41, 5.74) is 1.38. The van der Waals surface area contributed by atoms with Crippen molar-refractivity contribution in [1.29, 1.82) is 0 Å². The highest BCUT2D eigenvalue weighted by Gasteiger charge is 2.46. The zero-order valence-electron chi connectivity index (χ0n) is 26.3. The highest BCUT2D eigenvalue weighted by atomic mass is 32.2. The van der Waals surface area contributed by atoms with Crippen molar-refractivity contribution >= 4 is 70.3 Å². The molecule has 0 saturated heterocycles. The van der Waals surface area contributed by atoms with Gasteiger partial charge in [-0.25, -0.2) is 25.3 Å². The van der Waals surface area contributed by atoms with Crippen LogP contribution < -0.4 is 10.2 Å². The first kappa shape index (κ1) is 36.8. The SMILES string of the molecule is CC1(C)C(=CC=CC=CC2=[N+](CS(=O)(=O)[O-])c3ccc4cc(S(=O)(=O)[O-])ccc4c3C2(C)C)N(CS(=O)(=O)[O-])c2ccc(SOO[O-])cc21. The molecule has 0 bridgehead atoms. The van der Waals surface area contributed by atoms with Crippen LogP contribution in [0.4, 0.5) is 11.4 Å². The van der Waals surface area contributed by atoms with E-state index in [1.165, 1.54) is 27.7 Å². The van der Waals surface area contributed by atoms with Gasteiger partial charge in [0.25, 0.3) is 0 Å². The molecule has 2 heterocycles. The molecule has 0 saturated carbocycles. The average Bonchev–Trinajstić information content (AvgIpc) is 3.31. The van der Waals surface area contributed by atoms with E-state index in [4.69, 9.17) is 0 Å². The van der Waals surface area contributed by atoms with E-state index in [1.54, 1.807) is 60.7 Å². The maximum Gasteiger partial charge on any atom is 0.237 e. The van der Waals surface area contributed by atoms with Crippen molar-refractivity contribution in [3.05, 3.63) is 95.7 Å². The third-order valence-corrected chi connectivity index (χ3v) is 11.0. The van der Waals surface area contributed by atoms with Crippen molar-refractivity contribution in [3.63, 3.8) is 0 Å². The molecule has 0 radical (unpaired) electrons. The Balaban J connectivity index is 1.53. The normalized spacial score (nSPS) is 18.4. The number of anilines is 1. The summed E-state index contributed by atoms with van der Waals surface area (Å²) >= 11 is 0.664. The lowest BCUT2D eigenvalue weighted by molar-refractivity contribution is -0.777. The smallest absolute Gasteiger partial charge is 0.237 e. The van der Waals surface area contributed by atoms with Crippen molar-refractivity contribution in [1.82, 2.24) is 0 Å². The molecule has 0 amide bonds. The average molecular weight is 750 g/mol. The molecule has 0 fully saturated rings. The molecule has 0 aromatic heterocycles. The van der Waals surface area contributed by atoms with E-state index >= 15 is 0 Å². The summed E-state index contributed by atoms with van der Waals surface area (Å²) in [6.07, 6.45) is 8.08. The van der Waals surface area contributed by atoms with E-state index in [1.807, 2.05) is 27.7 Å². The lowest BCUT2D eigenvalue weighted by Crippen LogP contribution is -2.30. The van der Waals surface area contributed by atoms with Crippen LogP contribution in [0.3, 0.4) is 0 Å². The molecule has 0 unspecified atom stereocenters. The zero-order valence-corrected chi connectivity index (χ0v) is 29.6. The summed E-state index contributed by atoms with van der Waals surface area (Å²) in [7, 11) is -14.2. The number of allylic oxidation sites excluding steroid dienone is 6. The Kier molecular flexibility index (Phi) is 9.80. The number of rotatable bonds is 11. The van der Waals surface area contributed by atoms with Crippen LogP contribution in [-0.2, 0) is 50.6 Å². The van der Waals surface area contributed by atoms with Gasteiger partial charge >= 0.3 is 0 Å². The fourth-order valence-electron chi connectivity index (χ4n) is 6.44. The molecular formula is C31H29N2O12S4-3. The predicted octanol–water partition coefficient (Wildman–Crippen LogP) is 3.15. The van der Waals surface area contributed by atoms with Gasteiger partial charge in [0.2, 0.25) is 11.6 Å². The summed E-state index contributed by atoms with van der Waals surface area (Å²) in [5.74, 6) is -1.72. The summed E-state index contributed by atoms with van der Waals surface area (Å²) in [6.45, 7) is 7.28. The monoisotopic (exact) mass is 749 g/mol. The third kappa shape index (κ3) is 7.53. The molecule has 0 atom stereocenters. The van der Waals surface area contributed by atoms with E-state index in [0.717, 1.165) is 0 Å². The topological polar surface area (TPSA) is 219 Å². The maximum absolute atomic E-state index is 12.0. The van der Waals surface area contributed by atoms with Crippen LogP contribution in [0, 0.1) is 0 Å². The molecule has 262 valence electrons. The van der Waals surface area contributed by atoms with Gasteiger partial charge in [0.1, 0.15) is 26.1 Å². The fraction of sp³-hybridized carbons (Fsp3) is 0.258. The zero-order chi connectivity index (χ0) is 36.2. The van der Waals surface area contributed by atoms with Gasteiger partial charge in [-0.15, -0.1) is 0 Å². The van der Waals surface area contributed by atoms with Crippen LogP contribution in [0.2, 0.25) is 0 Å². The number of benzene rings is 3. The van der Waals surface area contributed by atoms with Gasteiger partial charge in [0.15, 0.2) is 15.8 Å². The van der Waals surface area contributed by atoms with Crippen LogP contribution in [0.25, 0.3) is 10.8 Å². The fourth-order valence-corrected chi connectivity index (χ4v) is 8.53. The van der Waals surface area contributed by atoms with E-state index in [2.05, 4.69) is 9.37 Å². The summed E-state index contributed by atoms with van der Waals surface area (Å²) in [5, 5.41) is 14.7. The van der Waals surface area contributed by atoms with Crippen molar-refractivity contribution in [3.8, 4) is 0 Å². The second-order valence-electron chi connectivity index (χ2n) is 12.4. The van der Waals surface area contributed by atoms with Gasteiger partial charge in [-0.3, -0.25) is 5.04 Å². The Morgan fingerprint density at radius 2 is 1.57 bits per heavy atom.